The van der Waals surface area contributed by atoms with Gasteiger partial charge in [0.2, 0.25) is 0 Å². The van der Waals surface area contributed by atoms with Crippen LogP contribution < -0.4 is 10.1 Å². The average molecular weight is 319 g/mol. The maximum Gasteiger partial charge on any atom is 0.194 e. The summed E-state index contributed by atoms with van der Waals surface area (Å²) in [7, 11) is 1.68. The van der Waals surface area contributed by atoms with E-state index in [0.717, 1.165) is 31.2 Å². The molecular weight excluding hydrogens is 290 g/mol. The molecule has 1 atom stereocenters. The summed E-state index contributed by atoms with van der Waals surface area (Å²) in [5.41, 5.74) is 1.17. The number of hydrogen-bond donors (Lipinski definition) is 2. The highest BCUT2D eigenvalue weighted by molar-refractivity contribution is 5.80. The first kappa shape index (κ1) is 17.6. The van der Waals surface area contributed by atoms with Gasteiger partial charge < -0.3 is 20.1 Å². The Morgan fingerprint density at radius 2 is 2.09 bits per heavy atom. The van der Waals surface area contributed by atoms with Gasteiger partial charge >= 0.3 is 0 Å². The van der Waals surface area contributed by atoms with Crippen LogP contribution in [-0.4, -0.2) is 55.4 Å². The lowest BCUT2D eigenvalue weighted by atomic mass is 9.85. The van der Waals surface area contributed by atoms with Crippen LogP contribution >= 0.6 is 0 Å². The number of hydrogen-bond acceptors (Lipinski definition) is 3. The highest BCUT2D eigenvalue weighted by Crippen LogP contribution is 2.25. The van der Waals surface area contributed by atoms with Gasteiger partial charge in [-0.3, -0.25) is 4.99 Å². The Labute approximate surface area is 139 Å². The van der Waals surface area contributed by atoms with E-state index in [1.54, 1.807) is 7.11 Å². The van der Waals surface area contributed by atoms with E-state index >= 15 is 0 Å². The van der Waals surface area contributed by atoms with Crippen LogP contribution in [0, 0.1) is 0 Å². The molecule has 0 spiro atoms. The van der Waals surface area contributed by atoms with Crippen molar-refractivity contribution in [2.24, 2.45) is 4.99 Å². The van der Waals surface area contributed by atoms with E-state index in [2.05, 4.69) is 43.1 Å². The normalized spacial score (nSPS) is 19.1. The quantitative estimate of drug-likeness (QED) is 0.644. The summed E-state index contributed by atoms with van der Waals surface area (Å²) in [4.78, 5) is 6.95. The van der Waals surface area contributed by atoms with Crippen molar-refractivity contribution in [3.8, 4) is 5.75 Å². The predicted molar refractivity (Wildman–Crippen MR) is 94.2 cm³/mol. The van der Waals surface area contributed by atoms with Crippen LogP contribution in [0.15, 0.2) is 29.3 Å². The van der Waals surface area contributed by atoms with E-state index < -0.39 is 0 Å². The van der Waals surface area contributed by atoms with Gasteiger partial charge in [0, 0.05) is 25.0 Å². The van der Waals surface area contributed by atoms with Crippen LogP contribution in [-0.2, 0) is 5.41 Å². The summed E-state index contributed by atoms with van der Waals surface area (Å²) in [5.74, 6) is 1.76. The van der Waals surface area contributed by atoms with Gasteiger partial charge in [0.25, 0.3) is 0 Å². The van der Waals surface area contributed by atoms with Crippen LogP contribution in [0.3, 0.4) is 0 Å². The molecule has 5 heteroatoms. The number of ether oxygens (including phenoxy) is 1. The van der Waals surface area contributed by atoms with Gasteiger partial charge in [0.1, 0.15) is 5.75 Å². The minimum absolute atomic E-state index is 0.0642. The lowest BCUT2D eigenvalue weighted by Crippen LogP contribution is -2.41. The number of guanidine groups is 1. The second-order valence-corrected chi connectivity index (χ2v) is 6.67. The lowest BCUT2D eigenvalue weighted by molar-refractivity contribution is 0.187. The number of benzene rings is 1. The summed E-state index contributed by atoms with van der Waals surface area (Å²) in [6.07, 6.45) is 0.570. The Bertz CT molecular complexity index is 526. The summed E-state index contributed by atoms with van der Waals surface area (Å²) >= 11 is 0. The first-order valence-electron chi connectivity index (χ1n) is 8.32. The Morgan fingerprint density at radius 1 is 1.39 bits per heavy atom. The molecule has 1 aliphatic heterocycles. The van der Waals surface area contributed by atoms with E-state index in [-0.39, 0.29) is 11.5 Å². The Kier molecular flexibility index (Phi) is 5.88. The minimum atomic E-state index is -0.242. The van der Waals surface area contributed by atoms with Crippen LogP contribution in [0.25, 0.3) is 0 Å². The highest BCUT2D eigenvalue weighted by atomic mass is 16.5. The van der Waals surface area contributed by atoms with Crippen LogP contribution in [0.4, 0.5) is 0 Å². The van der Waals surface area contributed by atoms with Gasteiger partial charge in [-0.2, -0.15) is 0 Å². The molecule has 2 rings (SSSR count). The van der Waals surface area contributed by atoms with Crippen molar-refractivity contribution in [3.63, 3.8) is 0 Å². The van der Waals surface area contributed by atoms with Crippen molar-refractivity contribution in [2.45, 2.75) is 38.7 Å². The number of nitrogens with one attached hydrogen (secondary N) is 1. The molecule has 1 saturated heterocycles. The van der Waals surface area contributed by atoms with Gasteiger partial charge in [0.15, 0.2) is 5.96 Å². The number of aliphatic hydroxyl groups excluding tert-OH is 1. The Morgan fingerprint density at radius 3 is 2.61 bits per heavy atom. The lowest BCUT2D eigenvalue weighted by Gasteiger charge is -2.26. The van der Waals surface area contributed by atoms with E-state index in [1.165, 1.54) is 5.56 Å². The SMILES string of the molecule is CCNC(=NCC(C)(C)c1ccc(OC)cc1)N1CC[C@@H](O)C1. The molecule has 5 nitrogen and oxygen atoms in total. The molecule has 0 aromatic heterocycles. The molecule has 2 N–H and O–H groups in total. The molecule has 23 heavy (non-hydrogen) atoms. The second-order valence-electron chi connectivity index (χ2n) is 6.67. The van der Waals surface area contributed by atoms with Crippen molar-refractivity contribution in [1.29, 1.82) is 0 Å². The van der Waals surface area contributed by atoms with Crippen LogP contribution in [0.1, 0.15) is 32.8 Å². The van der Waals surface area contributed by atoms with Crippen molar-refractivity contribution < 1.29 is 9.84 Å². The fourth-order valence-corrected chi connectivity index (χ4v) is 2.77. The highest BCUT2D eigenvalue weighted by Gasteiger charge is 2.25. The van der Waals surface area contributed by atoms with Crippen molar-refractivity contribution >= 4 is 5.96 Å². The van der Waals surface area contributed by atoms with Crippen LogP contribution in [0.5, 0.6) is 5.75 Å². The Balaban J connectivity index is 2.09. The number of nitrogens with zero attached hydrogens (tertiary/aromatic N) is 2. The molecule has 0 amide bonds. The largest absolute Gasteiger partial charge is 0.497 e. The van der Waals surface area contributed by atoms with Gasteiger partial charge in [0.05, 0.1) is 19.8 Å². The summed E-state index contributed by atoms with van der Waals surface area (Å²) in [5, 5.41) is 13.1. The zero-order valence-electron chi connectivity index (χ0n) is 14.7. The molecule has 1 heterocycles. The summed E-state index contributed by atoms with van der Waals surface area (Å²) < 4.78 is 5.22. The maximum atomic E-state index is 9.74. The fourth-order valence-electron chi connectivity index (χ4n) is 2.77. The van der Waals surface area contributed by atoms with Gasteiger partial charge in [-0.05, 0) is 31.0 Å². The molecule has 1 aromatic carbocycles. The summed E-state index contributed by atoms with van der Waals surface area (Å²) in [6, 6.07) is 8.17. The summed E-state index contributed by atoms with van der Waals surface area (Å²) in [6.45, 7) is 9.49. The molecule has 0 aliphatic carbocycles. The van der Waals surface area contributed by atoms with Crippen LogP contribution in [0.2, 0.25) is 0 Å². The minimum Gasteiger partial charge on any atom is -0.497 e. The third-order valence-corrected chi connectivity index (χ3v) is 4.29. The smallest absolute Gasteiger partial charge is 0.194 e. The zero-order chi connectivity index (χ0) is 16.9. The van der Waals surface area contributed by atoms with E-state index in [4.69, 9.17) is 9.73 Å². The number of aliphatic imine (C=N–C) groups is 1. The predicted octanol–water partition coefficient (Wildman–Crippen LogP) is 2.00. The zero-order valence-corrected chi connectivity index (χ0v) is 14.7. The number of aliphatic hydroxyl groups is 1. The number of likely N-dealkylation sites (tertiary alicyclic amines) is 1. The van der Waals surface area contributed by atoms with Crippen molar-refractivity contribution in [2.75, 3.05) is 33.3 Å². The molecule has 0 radical (unpaired) electrons. The topological polar surface area (TPSA) is 57.1 Å². The first-order chi connectivity index (χ1) is 11.0. The van der Waals surface area contributed by atoms with Crippen molar-refractivity contribution in [1.82, 2.24) is 10.2 Å². The third kappa shape index (κ3) is 4.61. The van der Waals surface area contributed by atoms with E-state index in [0.29, 0.717) is 13.1 Å². The molecule has 1 fully saturated rings. The first-order valence-corrected chi connectivity index (χ1v) is 8.32. The van der Waals surface area contributed by atoms with Gasteiger partial charge in [-0.15, -0.1) is 0 Å². The third-order valence-electron chi connectivity index (χ3n) is 4.29. The Hall–Kier alpha value is -1.75. The number of methoxy groups -OCH3 is 1. The molecule has 1 aliphatic rings. The average Bonchev–Trinajstić information content (AvgIpc) is 2.98. The maximum absolute atomic E-state index is 9.74. The molecule has 0 saturated carbocycles. The van der Waals surface area contributed by atoms with Crippen molar-refractivity contribution in [3.05, 3.63) is 29.8 Å². The second kappa shape index (κ2) is 7.68. The molecule has 128 valence electrons. The van der Waals surface area contributed by atoms with Gasteiger partial charge in [-0.1, -0.05) is 26.0 Å². The van der Waals surface area contributed by atoms with E-state index in [1.807, 2.05) is 12.1 Å². The fraction of sp³-hybridized carbons (Fsp3) is 0.611. The molecule has 0 unspecified atom stereocenters. The number of β-amino-alcohol motifs (C(OH)–C–C–N with tert-alkyl or cyclic N) is 1. The monoisotopic (exact) mass is 319 g/mol. The number of rotatable bonds is 5. The van der Waals surface area contributed by atoms with E-state index in [9.17, 15) is 5.11 Å². The van der Waals surface area contributed by atoms with Gasteiger partial charge in [-0.25, -0.2) is 0 Å². The molecular formula is C18H29N3O2. The molecule has 0 bridgehead atoms. The standard InChI is InChI=1S/C18H29N3O2/c1-5-19-17(21-11-10-15(22)12-21)20-13-18(2,3)14-6-8-16(23-4)9-7-14/h6-9,15,22H,5,10-13H2,1-4H3,(H,19,20)/t15-/m1/s1. The molecule has 1 aromatic rings.